The molecule has 0 spiro atoms. The fourth-order valence-electron chi connectivity index (χ4n) is 2.65. The molecule has 0 amide bonds. The van der Waals surface area contributed by atoms with E-state index in [9.17, 15) is 0 Å². The second-order valence-corrected chi connectivity index (χ2v) is 6.55. The summed E-state index contributed by atoms with van der Waals surface area (Å²) in [7, 11) is 0. The lowest BCUT2D eigenvalue weighted by Crippen LogP contribution is -1.95. The molecule has 0 bridgehead atoms. The standard InChI is InChI=1S/C18H16N4S/c1-13-7-5-6-10-15(13)17-19-20-18-22(17)21-16(23-18)12-11-14-8-3-2-4-9-14/h2-10H,11-12H2,1H3. The van der Waals surface area contributed by atoms with E-state index in [4.69, 9.17) is 5.10 Å². The van der Waals surface area contributed by atoms with Crippen LogP contribution in [0.1, 0.15) is 16.1 Å². The zero-order valence-corrected chi connectivity index (χ0v) is 13.6. The Morgan fingerprint density at radius 2 is 1.70 bits per heavy atom. The van der Waals surface area contributed by atoms with Crippen molar-refractivity contribution in [2.24, 2.45) is 0 Å². The summed E-state index contributed by atoms with van der Waals surface area (Å²) in [6.07, 6.45) is 1.91. The third-order valence-corrected chi connectivity index (χ3v) is 4.85. The van der Waals surface area contributed by atoms with Crippen molar-refractivity contribution in [2.45, 2.75) is 19.8 Å². The number of benzene rings is 2. The summed E-state index contributed by atoms with van der Waals surface area (Å²) in [6.45, 7) is 2.08. The van der Waals surface area contributed by atoms with E-state index in [1.807, 2.05) is 22.7 Å². The van der Waals surface area contributed by atoms with Gasteiger partial charge in [0.2, 0.25) is 4.96 Å². The highest BCUT2D eigenvalue weighted by molar-refractivity contribution is 7.16. The molecule has 0 aliphatic rings. The number of hydrogen-bond acceptors (Lipinski definition) is 4. The third-order valence-electron chi connectivity index (χ3n) is 3.89. The quantitative estimate of drug-likeness (QED) is 0.572. The van der Waals surface area contributed by atoms with Crippen molar-refractivity contribution in [1.82, 2.24) is 19.8 Å². The Labute approximate surface area is 138 Å². The minimum absolute atomic E-state index is 0.820. The molecule has 0 N–H and O–H groups in total. The maximum Gasteiger partial charge on any atom is 0.234 e. The van der Waals surface area contributed by atoms with Gasteiger partial charge in [-0.05, 0) is 24.5 Å². The normalized spacial score (nSPS) is 11.2. The summed E-state index contributed by atoms with van der Waals surface area (Å²) in [6, 6.07) is 18.7. The van der Waals surface area contributed by atoms with Crippen molar-refractivity contribution in [3.8, 4) is 11.4 Å². The minimum atomic E-state index is 0.820. The summed E-state index contributed by atoms with van der Waals surface area (Å²) in [5.41, 5.74) is 3.60. The lowest BCUT2D eigenvalue weighted by atomic mass is 10.1. The molecule has 4 rings (SSSR count). The van der Waals surface area contributed by atoms with Crippen LogP contribution in [0.15, 0.2) is 54.6 Å². The highest BCUT2D eigenvalue weighted by Crippen LogP contribution is 2.24. The predicted molar refractivity (Wildman–Crippen MR) is 92.7 cm³/mol. The number of aryl methyl sites for hydroxylation is 3. The topological polar surface area (TPSA) is 43.1 Å². The van der Waals surface area contributed by atoms with E-state index in [0.717, 1.165) is 34.2 Å². The van der Waals surface area contributed by atoms with Crippen LogP contribution < -0.4 is 0 Å². The summed E-state index contributed by atoms with van der Waals surface area (Å²) >= 11 is 1.62. The van der Waals surface area contributed by atoms with E-state index >= 15 is 0 Å². The molecule has 0 aliphatic heterocycles. The van der Waals surface area contributed by atoms with Crippen molar-refractivity contribution in [1.29, 1.82) is 0 Å². The predicted octanol–water partition coefficient (Wildman–Crippen LogP) is 3.95. The maximum absolute atomic E-state index is 4.72. The molecule has 23 heavy (non-hydrogen) atoms. The zero-order valence-electron chi connectivity index (χ0n) is 12.8. The van der Waals surface area contributed by atoms with Gasteiger partial charge in [-0.15, -0.1) is 10.2 Å². The van der Waals surface area contributed by atoms with Crippen LogP contribution >= 0.6 is 11.3 Å². The molecule has 114 valence electrons. The number of aromatic nitrogens is 4. The molecule has 0 radical (unpaired) electrons. The number of nitrogens with zero attached hydrogens (tertiary/aromatic N) is 4. The van der Waals surface area contributed by atoms with Crippen LogP contribution in [0.5, 0.6) is 0 Å². The van der Waals surface area contributed by atoms with Gasteiger partial charge in [-0.25, -0.2) is 0 Å². The Morgan fingerprint density at radius 3 is 2.52 bits per heavy atom. The summed E-state index contributed by atoms with van der Waals surface area (Å²) < 4.78 is 1.87. The highest BCUT2D eigenvalue weighted by Gasteiger charge is 2.14. The molecule has 2 aromatic heterocycles. The number of rotatable bonds is 4. The van der Waals surface area contributed by atoms with Gasteiger partial charge in [-0.3, -0.25) is 0 Å². The average Bonchev–Trinajstić information content (AvgIpc) is 3.15. The van der Waals surface area contributed by atoms with E-state index in [0.29, 0.717) is 0 Å². The summed E-state index contributed by atoms with van der Waals surface area (Å²) in [5, 5.41) is 14.4. The summed E-state index contributed by atoms with van der Waals surface area (Å²) in [5.74, 6) is 0.820. The van der Waals surface area contributed by atoms with Crippen molar-refractivity contribution >= 4 is 16.3 Å². The van der Waals surface area contributed by atoms with Crippen LogP contribution in [-0.4, -0.2) is 19.8 Å². The highest BCUT2D eigenvalue weighted by atomic mass is 32.1. The van der Waals surface area contributed by atoms with E-state index in [1.165, 1.54) is 11.1 Å². The van der Waals surface area contributed by atoms with Crippen molar-refractivity contribution < 1.29 is 0 Å². The first-order valence-electron chi connectivity index (χ1n) is 7.62. The fraction of sp³-hybridized carbons (Fsp3) is 0.167. The third kappa shape index (κ3) is 2.75. The molecule has 2 heterocycles. The van der Waals surface area contributed by atoms with Crippen LogP contribution in [0.4, 0.5) is 0 Å². The molecule has 0 saturated carbocycles. The molecule has 5 heteroatoms. The Balaban J connectivity index is 1.63. The minimum Gasteiger partial charge on any atom is -0.183 e. The molecule has 4 nitrogen and oxygen atoms in total. The molecule has 0 atom stereocenters. The molecule has 0 saturated heterocycles. The van der Waals surface area contributed by atoms with Crippen molar-refractivity contribution in [3.63, 3.8) is 0 Å². The van der Waals surface area contributed by atoms with Gasteiger partial charge in [0.15, 0.2) is 5.82 Å². The van der Waals surface area contributed by atoms with Crippen LogP contribution in [0.2, 0.25) is 0 Å². The lowest BCUT2D eigenvalue weighted by Gasteiger charge is -2.01. The Kier molecular flexibility index (Phi) is 3.63. The van der Waals surface area contributed by atoms with Crippen LogP contribution in [0.25, 0.3) is 16.3 Å². The van der Waals surface area contributed by atoms with Crippen LogP contribution in [0.3, 0.4) is 0 Å². The molecule has 0 unspecified atom stereocenters. The molecular weight excluding hydrogens is 304 g/mol. The van der Waals surface area contributed by atoms with Gasteiger partial charge in [0, 0.05) is 12.0 Å². The lowest BCUT2D eigenvalue weighted by molar-refractivity contribution is 0.864. The van der Waals surface area contributed by atoms with Gasteiger partial charge in [0.1, 0.15) is 5.01 Å². The SMILES string of the molecule is Cc1ccccc1-c1nnc2sc(CCc3ccccc3)nn12. The van der Waals surface area contributed by atoms with Gasteiger partial charge in [0.25, 0.3) is 0 Å². The van der Waals surface area contributed by atoms with Gasteiger partial charge >= 0.3 is 0 Å². The molecule has 4 aromatic rings. The molecule has 2 aromatic carbocycles. The van der Waals surface area contributed by atoms with Gasteiger partial charge in [0.05, 0.1) is 0 Å². The maximum atomic E-state index is 4.72. The second kappa shape index (κ2) is 5.93. The Morgan fingerprint density at radius 1 is 0.913 bits per heavy atom. The van der Waals surface area contributed by atoms with Crippen molar-refractivity contribution in [2.75, 3.05) is 0 Å². The van der Waals surface area contributed by atoms with Crippen LogP contribution in [0, 0.1) is 6.92 Å². The van der Waals surface area contributed by atoms with E-state index in [1.54, 1.807) is 11.3 Å². The smallest absolute Gasteiger partial charge is 0.183 e. The monoisotopic (exact) mass is 320 g/mol. The first-order valence-corrected chi connectivity index (χ1v) is 8.44. The first-order chi connectivity index (χ1) is 11.3. The van der Waals surface area contributed by atoms with Gasteiger partial charge in [-0.2, -0.15) is 9.61 Å². The average molecular weight is 320 g/mol. The largest absolute Gasteiger partial charge is 0.234 e. The van der Waals surface area contributed by atoms with Gasteiger partial charge in [-0.1, -0.05) is 65.9 Å². The second-order valence-electron chi connectivity index (χ2n) is 5.51. The Hall–Kier alpha value is -2.53. The zero-order chi connectivity index (χ0) is 15.6. The molecule has 0 aliphatic carbocycles. The first kappa shape index (κ1) is 14.1. The summed E-state index contributed by atoms with van der Waals surface area (Å²) in [4.78, 5) is 0.853. The molecule has 0 fully saturated rings. The van der Waals surface area contributed by atoms with Gasteiger partial charge < -0.3 is 0 Å². The number of hydrogen-bond donors (Lipinski definition) is 0. The molecular formula is C18H16N4S. The van der Waals surface area contributed by atoms with Crippen molar-refractivity contribution in [3.05, 3.63) is 70.7 Å². The van der Waals surface area contributed by atoms with E-state index in [-0.39, 0.29) is 0 Å². The fourth-order valence-corrected chi connectivity index (χ4v) is 3.48. The van der Waals surface area contributed by atoms with Crippen LogP contribution in [-0.2, 0) is 12.8 Å². The Bertz CT molecular complexity index is 940. The van der Waals surface area contributed by atoms with E-state index < -0.39 is 0 Å². The number of fused-ring (bicyclic) bond motifs is 1. The van der Waals surface area contributed by atoms with E-state index in [2.05, 4.69) is 53.5 Å².